The largest absolute Gasteiger partial charge is 0.490 e. The van der Waals surface area contributed by atoms with Crippen LogP contribution in [0.4, 0.5) is 17.5 Å². The van der Waals surface area contributed by atoms with Crippen LogP contribution in [0, 0.1) is 0 Å². The quantitative estimate of drug-likeness (QED) is 0.594. The van der Waals surface area contributed by atoms with Gasteiger partial charge in [-0.15, -0.1) is 0 Å². The van der Waals surface area contributed by atoms with Gasteiger partial charge >= 0.3 is 0 Å². The van der Waals surface area contributed by atoms with E-state index in [1.807, 2.05) is 24.3 Å². The molecule has 0 radical (unpaired) electrons. The van der Waals surface area contributed by atoms with Gasteiger partial charge in [0.2, 0.25) is 5.95 Å². The molecule has 1 saturated heterocycles. The molecule has 1 fully saturated rings. The number of para-hydroxylation sites is 2. The third-order valence-electron chi connectivity index (χ3n) is 5.95. The molecule has 168 valence electrons. The number of hydrogen-bond acceptors (Lipinski definition) is 6. The molecule has 1 aromatic carbocycles. The Bertz CT molecular complexity index is 919. The lowest BCUT2D eigenvalue weighted by molar-refractivity contribution is 0.313. The third kappa shape index (κ3) is 5.04. The Hall–Kier alpha value is -1.71. The van der Waals surface area contributed by atoms with Gasteiger partial charge < -0.3 is 15.0 Å². The number of halogens is 1. The first-order chi connectivity index (χ1) is 15.1. The van der Waals surface area contributed by atoms with Crippen LogP contribution in [0.2, 0.25) is 0 Å². The van der Waals surface area contributed by atoms with E-state index in [9.17, 15) is 4.21 Å². The summed E-state index contributed by atoms with van der Waals surface area (Å²) in [5.41, 5.74) is 1.01. The molecule has 0 bridgehead atoms. The number of piperidine rings is 1. The minimum Gasteiger partial charge on any atom is -0.490 e. The van der Waals surface area contributed by atoms with E-state index >= 15 is 0 Å². The second-order valence-electron chi connectivity index (χ2n) is 7.90. The summed E-state index contributed by atoms with van der Waals surface area (Å²) >= 11 is 3.62. The van der Waals surface area contributed by atoms with Crippen LogP contribution in [0.1, 0.15) is 39.5 Å². The van der Waals surface area contributed by atoms with Crippen LogP contribution in [0.3, 0.4) is 0 Å². The number of nitrogens with one attached hydrogen (secondary N) is 1. The topological polar surface area (TPSA) is 70.6 Å². The van der Waals surface area contributed by atoms with Crippen LogP contribution in [-0.4, -0.2) is 56.0 Å². The normalized spacial score (nSPS) is 18.5. The van der Waals surface area contributed by atoms with E-state index < -0.39 is 11.0 Å². The Morgan fingerprint density at radius 2 is 1.97 bits per heavy atom. The summed E-state index contributed by atoms with van der Waals surface area (Å²) in [4.78, 5) is 11.5. The monoisotopic (exact) mass is 507 g/mol. The van der Waals surface area contributed by atoms with Crippen LogP contribution < -0.4 is 15.0 Å². The molecule has 1 N–H and O–H groups in total. The summed E-state index contributed by atoms with van der Waals surface area (Å²) in [6, 6.07) is 8.29. The number of aromatic nitrogens is 2. The smallest absolute Gasteiger partial charge is 0.224 e. The maximum absolute atomic E-state index is 12.8. The molecule has 9 heteroatoms. The van der Waals surface area contributed by atoms with Crippen molar-refractivity contribution in [3.8, 4) is 5.75 Å². The fraction of sp³-hybridized carbons (Fsp3) is 0.545. The van der Waals surface area contributed by atoms with E-state index in [-0.39, 0.29) is 11.3 Å². The molecule has 7 nitrogen and oxygen atoms in total. The van der Waals surface area contributed by atoms with Crippen molar-refractivity contribution in [2.45, 2.75) is 50.8 Å². The van der Waals surface area contributed by atoms with E-state index in [0.717, 1.165) is 67.0 Å². The maximum Gasteiger partial charge on any atom is 0.224 e. The number of anilines is 3. The molecule has 0 aliphatic carbocycles. The second kappa shape index (κ2) is 10.3. The number of nitrogens with zero attached hydrogens (tertiary/aromatic N) is 4. The molecule has 4 rings (SSSR count). The summed E-state index contributed by atoms with van der Waals surface area (Å²) < 4.78 is 21.5. The van der Waals surface area contributed by atoms with Crippen LogP contribution in [0.25, 0.3) is 0 Å². The van der Waals surface area contributed by atoms with Gasteiger partial charge in [0.25, 0.3) is 0 Å². The summed E-state index contributed by atoms with van der Waals surface area (Å²) in [5, 5.41) is 3.76. The van der Waals surface area contributed by atoms with Crippen LogP contribution in [0.5, 0.6) is 5.75 Å². The molecule has 2 aromatic rings. The highest BCUT2D eigenvalue weighted by molar-refractivity contribution is 9.10. The SMILES string of the molecule is CCC(CC)S(=O)N1CCC(Nc2ncc(Br)c(N3CCOc4ccccc43)n2)CC1. The zero-order valence-corrected chi connectivity index (χ0v) is 20.5. The minimum atomic E-state index is -0.887. The van der Waals surface area contributed by atoms with E-state index in [1.165, 1.54) is 0 Å². The molecule has 1 atom stereocenters. The molecule has 0 amide bonds. The van der Waals surface area contributed by atoms with Crippen molar-refractivity contribution in [1.82, 2.24) is 14.3 Å². The van der Waals surface area contributed by atoms with Gasteiger partial charge in [-0.3, -0.25) is 0 Å². The van der Waals surface area contributed by atoms with Gasteiger partial charge in [-0.25, -0.2) is 13.5 Å². The van der Waals surface area contributed by atoms with Crippen LogP contribution in [0.15, 0.2) is 34.9 Å². The Balaban J connectivity index is 1.43. The van der Waals surface area contributed by atoms with Crippen molar-refractivity contribution in [3.05, 3.63) is 34.9 Å². The van der Waals surface area contributed by atoms with Gasteiger partial charge in [-0.2, -0.15) is 4.98 Å². The van der Waals surface area contributed by atoms with Crippen molar-refractivity contribution in [1.29, 1.82) is 0 Å². The van der Waals surface area contributed by atoms with Gasteiger partial charge in [0.15, 0.2) is 5.82 Å². The number of ether oxygens (including phenoxy) is 1. The van der Waals surface area contributed by atoms with Crippen molar-refractivity contribution < 1.29 is 8.95 Å². The van der Waals surface area contributed by atoms with E-state index in [4.69, 9.17) is 9.72 Å². The highest BCUT2D eigenvalue weighted by Crippen LogP contribution is 2.38. The number of benzene rings is 1. The van der Waals surface area contributed by atoms with Crippen molar-refractivity contribution in [2.75, 3.05) is 36.5 Å². The second-order valence-corrected chi connectivity index (χ2v) is 10.5. The zero-order chi connectivity index (χ0) is 21.8. The predicted octanol–water partition coefficient (Wildman–Crippen LogP) is 4.50. The first-order valence-electron chi connectivity index (χ1n) is 11.0. The summed E-state index contributed by atoms with van der Waals surface area (Å²) in [7, 11) is -0.887. The average Bonchev–Trinajstić information content (AvgIpc) is 2.81. The van der Waals surface area contributed by atoms with Crippen molar-refractivity contribution >= 4 is 44.4 Å². The van der Waals surface area contributed by atoms with E-state index in [2.05, 4.69) is 49.3 Å². The minimum absolute atomic E-state index is 0.262. The number of hydrogen-bond donors (Lipinski definition) is 1. The number of fused-ring (bicyclic) bond motifs is 1. The van der Waals surface area contributed by atoms with E-state index in [0.29, 0.717) is 12.6 Å². The average molecular weight is 508 g/mol. The summed E-state index contributed by atoms with van der Waals surface area (Å²) in [6.07, 6.45) is 5.59. The lowest BCUT2D eigenvalue weighted by Gasteiger charge is -2.33. The first kappa shape index (κ1) is 22.5. The fourth-order valence-electron chi connectivity index (χ4n) is 4.15. The van der Waals surface area contributed by atoms with E-state index in [1.54, 1.807) is 6.20 Å². The first-order valence-corrected chi connectivity index (χ1v) is 13.0. The molecule has 2 aliphatic rings. The van der Waals surface area contributed by atoms with Crippen molar-refractivity contribution in [3.63, 3.8) is 0 Å². The molecule has 0 saturated carbocycles. The zero-order valence-electron chi connectivity index (χ0n) is 18.1. The molecular weight excluding hydrogens is 478 g/mol. The number of rotatable bonds is 7. The highest BCUT2D eigenvalue weighted by atomic mass is 79.9. The fourth-order valence-corrected chi connectivity index (χ4v) is 6.12. The van der Waals surface area contributed by atoms with Crippen LogP contribution >= 0.6 is 15.9 Å². The van der Waals surface area contributed by atoms with Crippen LogP contribution in [-0.2, 0) is 11.0 Å². The highest BCUT2D eigenvalue weighted by Gasteiger charge is 2.27. The molecule has 0 spiro atoms. The van der Waals surface area contributed by atoms with Gasteiger partial charge in [0.05, 0.1) is 27.7 Å². The molecular formula is C22H30BrN5O2S. The van der Waals surface area contributed by atoms with Gasteiger partial charge in [0, 0.05) is 30.6 Å². The standard InChI is InChI=1S/C22H30BrN5O2S/c1-3-17(4-2)31(29)27-11-9-16(10-12-27)25-22-24-15-18(23)21(26-22)28-13-14-30-20-8-6-5-7-19(20)28/h5-8,15-17H,3-4,9-14H2,1-2H3,(H,24,25,26). The third-order valence-corrected chi connectivity index (χ3v) is 8.62. The Morgan fingerprint density at radius 1 is 1.23 bits per heavy atom. The molecule has 31 heavy (non-hydrogen) atoms. The molecule has 2 aliphatic heterocycles. The van der Waals surface area contributed by atoms with Crippen molar-refractivity contribution in [2.24, 2.45) is 0 Å². The van der Waals surface area contributed by atoms with Gasteiger partial charge in [0.1, 0.15) is 12.4 Å². The predicted molar refractivity (Wildman–Crippen MR) is 129 cm³/mol. The summed E-state index contributed by atoms with van der Waals surface area (Å²) in [5.74, 6) is 2.33. The Morgan fingerprint density at radius 3 is 2.71 bits per heavy atom. The van der Waals surface area contributed by atoms with Gasteiger partial charge in [-0.1, -0.05) is 26.0 Å². The van der Waals surface area contributed by atoms with Gasteiger partial charge in [-0.05, 0) is 53.7 Å². The Labute approximate surface area is 195 Å². The summed E-state index contributed by atoms with van der Waals surface area (Å²) in [6.45, 7) is 7.25. The molecule has 1 unspecified atom stereocenters. The maximum atomic E-state index is 12.8. The Kier molecular flexibility index (Phi) is 7.45. The lowest BCUT2D eigenvalue weighted by atomic mass is 10.1. The molecule has 3 heterocycles. The molecule has 1 aromatic heterocycles. The lowest BCUT2D eigenvalue weighted by Crippen LogP contribution is -2.43.